The number of carboxylic acids is 1. The second-order valence-corrected chi connectivity index (χ2v) is 4.46. The van der Waals surface area contributed by atoms with Gasteiger partial charge in [-0.15, -0.1) is 0 Å². The summed E-state index contributed by atoms with van der Waals surface area (Å²) in [5, 5.41) is 9.25. The van der Waals surface area contributed by atoms with Gasteiger partial charge < -0.3 is 5.11 Å². The Kier molecular flexibility index (Phi) is 2.64. The molecule has 0 aromatic heterocycles. The second kappa shape index (κ2) is 4.35. The lowest BCUT2D eigenvalue weighted by Gasteiger charge is -2.19. The Morgan fingerprint density at radius 1 is 1.00 bits per heavy atom. The van der Waals surface area contributed by atoms with Crippen molar-refractivity contribution in [3.8, 4) is 0 Å². The van der Waals surface area contributed by atoms with E-state index in [1.54, 1.807) is 36.4 Å². The maximum Gasteiger partial charge on any atom is 0.337 e. The van der Waals surface area contributed by atoms with Crippen molar-refractivity contribution < 1.29 is 14.7 Å². The zero-order chi connectivity index (χ0) is 14.3. The van der Waals surface area contributed by atoms with E-state index in [4.69, 9.17) is 0 Å². The van der Waals surface area contributed by atoms with Crippen LogP contribution in [0.1, 0.15) is 26.3 Å². The van der Waals surface area contributed by atoms with Gasteiger partial charge in [-0.3, -0.25) is 9.69 Å². The number of nitrogens with zero attached hydrogens (tertiary/aromatic N) is 1. The Hall–Kier alpha value is -2.88. The summed E-state index contributed by atoms with van der Waals surface area (Å²) in [6.07, 6.45) is 0. The van der Waals surface area contributed by atoms with Crippen molar-refractivity contribution in [3.63, 3.8) is 0 Å². The van der Waals surface area contributed by atoms with Crippen LogP contribution in [0, 0.1) is 0 Å². The highest BCUT2D eigenvalue weighted by atomic mass is 16.4. The van der Waals surface area contributed by atoms with E-state index in [0.717, 1.165) is 5.56 Å². The third kappa shape index (κ3) is 1.62. The molecule has 0 radical (unpaired) electrons. The van der Waals surface area contributed by atoms with Crippen LogP contribution in [0.15, 0.2) is 55.1 Å². The summed E-state index contributed by atoms with van der Waals surface area (Å²) in [7, 11) is 0. The van der Waals surface area contributed by atoms with Crippen molar-refractivity contribution in [3.05, 3.63) is 71.8 Å². The molecule has 1 amide bonds. The normalized spacial score (nSPS) is 13.5. The first-order valence-corrected chi connectivity index (χ1v) is 6.06. The molecule has 0 spiro atoms. The van der Waals surface area contributed by atoms with Crippen LogP contribution < -0.4 is 4.90 Å². The number of rotatable bonds is 2. The minimum Gasteiger partial charge on any atom is -0.478 e. The van der Waals surface area contributed by atoms with E-state index < -0.39 is 5.97 Å². The number of aromatic carboxylic acids is 1. The highest BCUT2D eigenvalue weighted by Crippen LogP contribution is 2.37. The average molecular weight is 265 g/mol. The predicted octanol–water partition coefficient (Wildman–Crippen LogP) is 3.02. The lowest BCUT2D eigenvalue weighted by atomic mass is 10.1. The summed E-state index contributed by atoms with van der Waals surface area (Å²) >= 11 is 0. The molecule has 1 aliphatic rings. The largest absolute Gasteiger partial charge is 0.478 e. The lowest BCUT2D eigenvalue weighted by molar-refractivity contribution is 0.0698. The molecule has 1 N–H and O–H groups in total. The van der Waals surface area contributed by atoms with Crippen molar-refractivity contribution in [1.82, 2.24) is 0 Å². The van der Waals surface area contributed by atoms with Crippen LogP contribution in [0.5, 0.6) is 0 Å². The number of para-hydroxylation sites is 1. The summed E-state index contributed by atoms with van der Waals surface area (Å²) in [6, 6.07) is 13.5. The Bertz CT molecular complexity index is 714. The molecular weight excluding hydrogens is 254 g/mol. The van der Waals surface area contributed by atoms with Crippen molar-refractivity contribution in [2.45, 2.75) is 0 Å². The van der Waals surface area contributed by atoms with Gasteiger partial charge in [0.15, 0.2) is 0 Å². The zero-order valence-corrected chi connectivity index (χ0v) is 10.5. The van der Waals surface area contributed by atoms with Crippen molar-refractivity contribution >= 4 is 23.3 Å². The van der Waals surface area contributed by atoms with Gasteiger partial charge in [-0.2, -0.15) is 0 Å². The molecule has 0 fully saturated rings. The minimum atomic E-state index is -1.07. The van der Waals surface area contributed by atoms with E-state index in [-0.39, 0.29) is 11.5 Å². The van der Waals surface area contributed by atoms with Gasteiger partial charge in [0.2, 0.25) is 0 Å². The molecule has 0 atom stereocenters. The summed E-state index contributed by atoms with van der Waals surface area (Å²) in [5.41, 5.74) is 2.19. The number of fused-ring (bicyclic) bond motifs is 1. The van der Waals surface area contributed by atoms with Crippen molar-refractivity contribution in [2.75, 3.05) is 4.90 Å². The second-order valence-electron chi connectivity index (χ2n) is 4.46. The maximum absolute atomic E-state index is 12.5. The van der Waals surface area contributed by atoms with Gasteiger partial charge in [-0.1, -0.05) is 36.9 Å². The molecule has 1 heterocycles. The summed E-state index contributed by atoms with van der Waals surface area (Å²) < 4.78 is 0. The number of amides is 1. The van der Waals surface area contributed by atoms with Crippen LogP contribution in [-0.4, -0.2) is 17.0 Å². The lowest BCUT2D eigenvalue weighted by Crippen LogP contribution is -2.24. The number of carboxylic acid groups (broad SMARTS) is 1. The first-order valence-electron chi connectivity index (χ1n) is 6.06. The molecule has 0 aliphatic carbocycles. The third-order valence-corrected chi connectivity index (χ3v) is 3.32. The standard InChI is InChI=1S/C16H11NO3/c1-10-11-6-2-3-7-12(11)15(18)17(10)14-9-5-4-8-13(14)16(19)20/h2-9H,1H2,(H,19,20). The Balaban J connectivity index is 2.17. The maximum atomic E-state index is 12.5. The Morgan fingerprint density at radius 3 is 2.25 bits per heavy atom. The molecule has 4 nitrogen and oxygen atoms in total. The van der Waals surface area contributed by atoms with Gasteiger partial charge in [0.05, 0.1) is 16.9 Å². The summed E-state index contributed by atoms with van der Waals surface area (Å²) in [5.74, 6) is -1.32. The van der Waals surface area contributed by atoms with Gasteiger partial charge >= 0.3 is 5.97 Å². The van der Waals surface area contributed by atoms with Crippen LogP contribution in [-0.2, 0) is 0 Å². The summed E-state index contributed by atoms with van der Waals surface area (Å²) in [6.45, 7) is 3.92. The van der Waals surface area contributed by atoms with Crippen LogP contribution in [0.3, 0.4) is 0 Å². The smallest absolute Gasteiger partial charge is 0.337 e. The van der Waals surface area contributed by atoms with Gasteiger partial charge in [-0.25, -0.2) is 4.79 Å². The number of benzene rings is 2. The molecule has 0 saturated heterocycles. The molecule has 2 aromatic carbocycles. The fourth-order valence-corrected chi connectivity index (χ4v) is 2.39. The van der Waals surface area contributed by atoms with Gasteiger partial charge in [0, 0.05) is 11.1 Å². The molecule has 20 heavy (non-hydrogen) atoms. The molecule has 4 heteroatoms. The van der Waals surface area contributed by atoms with Gasteiger partial charge in [0.1, 0.15) is 0 Å². The Morgan fingerprint density at radius 2 is 1.60 bits per heavy atom. The van der Waals surface area contributed by atoms with Crippen LogP contribution >= 0.6 is 0 Å². The van der Waals surface area contributed by atoms with Crippen LogP contribution in [0.4, 0.5) is 5.69 Å². The number of carbonyl (C=O) groups is 2. The number of hydrogen-bond acceptors (Lipinski definition) is 2. The van der Waals surface area contributed by atoms with E-state index in [0.29, 0.717) is 16.9 Å². The number of anilines is 1. The molecule has 98 valence electrons. The zero-order valence-electron chi connectivity index (χ0n) is 10.5. The van der Waals surface area contributed by atoms with Gasteiger partial charge in [0.25, 0.3) is 5.91 Å². The SMILES string of the molecule is C=C1c2ccccc2C(=O)N1c1ccccc1C(=O)O. The first kappa shape index (κ1) is 12.2. The monoisotopic (exact) mass is 265 g/mol. The van der Waals surface area contributed by atoms with E-state index in [2.05, 4.69) is 6.58 Å². The number of hydrogen-bond donors (Lipinski definition) is 1. The Labute approximate surface area is 115 Å². The van der Waals surface area contributed by atoms with Crippen LogP contribution in [0.2, 0.25) is 0 Å². The molecule has 2 aromatic rings. The number of carbonyl (C=O) groups excluding carboxylic acids is 1. The van der Waals surface area contributed by atoms with Gasteiger partial charge in [-0.05, 0) is 18.2 Å². The third-order valence-electron chi connectivity index (χ3n) is 3.32. The highest BCUT2D eigenvalue weighted by Gasteiger charge is 2.33. The summed E-state index contributed by atoms with van der Waals surface area (Å²) in [4.78, 5) is 25.1. The predicted molar refractivity (Wildman–Crippen MR) is 75.7 cm³/mol. The average Bonchev–Trinajstić information content (AvgIpc) is 2.71. The van der Waals surface area contributed by atoms with E-state index in [1.165, 1.54) is 11.0 Å². The molecular formula is C16H11NO3. The molecule has 1 aliphatic heterocycles. The first-order chi connectivity index (χ1) is 9.61. The minimum absolute atomic E-state index is 0.0785. The quantitative estimate of drug-likeness (QED) is 0.908. The van der Waals surface area contributed by atoms with Crippen molar-refractivity contribution in [1.29, 1.82) is 0 Å². The fourth-order valence-electron chi connectivity index (χ4n) is 2.39. The van der Waals surface area contributed by atoms with Crippen molar-refractivity contribution in [2.24, 2.45) is 0 Å². The van der Waals surface area contributed by atoms with Crippen LogP contribution in [0.25, 0.3) is 5.70 Å². The molecule has 3 rings (SSSR count). The topological polar surface area (TPSA) is 57.6 Å². The van der Waals surface area contributed by atoms with E-state index in [1.807, 2.05) is 6.07 Å². The molecule has 0 unspecified atom stereocenters. The fraction of sp³-hybridized carbons (Fsp3) is 0. The van der Waals surface area contributed by atoms with E-state index in [9.17, 15) is 14.7 Å². The highest BCUT2D eigenvalue weighted by molar-refractivity contribution is 6.23. The molecule has 0 saturated carbocycles. The molecule has 0 bridgehead atoms. The van der Waals surface area contributed by atoms with E-state index >= 15 is 0 Å².